The molecule has 0 unspecified atom stereocenters. The first-order valence-electron chi connectivity index (χ1n) is 5.60. The van der Waals surface area contributed by atoms with Crippen LogP contribution in [-0.2, 0) is 0 Å². The molecule has 1 aromatic heterocycles. The molecule has 0 bridgehead atoms. The van der Waals surface area contributed by atoms with Crippen LogP contribution in [0, 0.1) is 5.82 Å². The topological polar surface area (TPSA) is 43.1 Å². The summed E-state index contributed by atoms with van der Waals surface area (Å²) in [5, 5.41) is 0.00586. The minimum absolute atomic E-state index is 0.00586. The number of carbonyl (C=O) groups excluding carboxylic acids is 1. The summed E-state index contributed by atoms with van der Waals surface area (Å²) in [5.74, 6) is 0.730. The third kappa shape index (κ3) is 1.93. The van der Waals surface area contributed by atoms with Gasteiger partial charge in [0.15, 0.2) is 6.29 Å². The summed E-state index contributed by atoms with van der Waals surface area (Å²) in [7, 11) is 0. The fraction of sp³-hybridized carbons (Fsp3) is 0.231. The van der Waals surface area contributed by atoms with Gasteiger partial charge in [0.2, 0.25) is 5.89 Å². The van der Waals surface area contributed by atoms with Gasteiger partial charge in [-0.15, -0.1) is 0 Å². The Hall–Kier alpha value is -1.68. The highest BCUT2D eigenvalue weighted by molar-refractivity contribution is 6.31. The van der Waals surface area contributed by atoms with E-state index in [0.717, 1.165) is 12.8 Å². The number of halogens is 2. The maximum absolute atomic E-state index is 13.1. The van der Waals surface area contributed by atoms with Crippen LogP contribution in [-0.4, -0.2) is 11.3 Å². The number of hydrogen-bond donors (Lipinski definition) is 0. The van der Waals surface area contributed by atoms with E-state index in [1.54, 1.807) is 0 Å². The van der Waals surface area contributed by atoms with Crippen molar-refractivity contribution in [2.45, 2.75) is 18.8 Å². The molecule has 1 heterocycles. The van der Waals surface area contributed by atoms with Gasteiger partial charge in [-0.2, -0.15) is 0 Å². The predicted molar refractivity (Wildman–Crippen MR) is 64.3 cm³/mol. The molecule has 5 heteroatoms. The quantitative estimate of drug-likeness (QED) is 0.792. The summed E-state index contributed by atoms with van der Waals surface area (Å²) < 4.78 is 18.7. The zero-order valence-electron chi connectivity index (χ0n) is 9.32. The zero-order valence-corrected chi connectivity index (χ0v) is 10.1. The van der Waals surface area contributed by atoms with E-state index in [0.29, 0.717) is 35.1 Å². The smallest absolute Gasteiger partial charge is 0.227 e. The third-order valence-electron chi connectivity index (χ3n) is 2.91. The number of hydrogen-bond acceptors (Lipinski definition) is 3. The highest BCUT2D eigenvalue weighted by atomic mass is 35.5. The van der Waals surface area contributed by atoms with Crippen molar-refractivity contribution in [3.8, 4) is 11.5 Å². The maximum atomic E-state index is 13.1. The lowest BCUT2D eigenvalue weighted by atomic mass is 10.2. The van der Waals surface area contributed by atoms with Crippen LogP contribution in [0.3, 0.4) is 0 Å². The fourth-order valence-electron chi connectivity index (χ4n) is 1.82. The average Bonchev–Trinajstić information content (AvgIpc) is 3.12. The SMILES string of the molecule is O=Cc1nc(-c2ccc(F)c(Cl)c2)oc1C1CC1. The van der Waals surface area contributed by atoms with Crippen molar-refractivity contribution in [3.05, 3.63) is 40.5 Å². The Morgan fingerprint density at radius 3 is 2.83 bits per heavy atom. The number of carbonyl (C=O) groups is 1. The first-order chi connectivity index (χ1) is 8.69. The summed E-state index contributed by atoms with van der Waals surface area (Å²) in [6.07, 6.45) is 2.71. The Kier molecular flexibility index (Phi) is 2.67. The van der Waals surface area contributed by atoms with E-state index in [4.69, 9.17) is 16.0 Å². The summed E-state index contributed by atoms with van der Waals surface area (Å²) in [6, 6.07) is 4.21. The van der Waals surface area contributed by atoms with Gasteiger partial charge in [0.1, 0.15) is 17.3 Å². The second-order valence-electron chi connectivity index (χ2n) is 4.29. The number of aromatic nitrogens is 1. The van der Waals surface area contributed by atoms with Crippen LogP contribution in [0.25, 0.3) is 11.5 Å². The van der Waals surface area contributed by atoms with Crippen LogP contribution in [0.15, 0.2) is 22.6 Å². The molecule has 1 fully saturated rings. The Morgan fingerprint density at radius 2 is 2.22 bits per heavy atom. The molecule has 3 nitrogen and oxygen atoms in total. The largest absolute Gasteiger partial charge is 0.440 e. The van der Waals surface area contributed by atoms with Crippen LogP contribution in [0.4, 0.5) is 4.39 Å². The first-order valence-corrected chi connectivity index (χ1v) is 5.98. The molecule has 0 aliphatic heterocycles. The van der Waals surface area contributed by atoms with Gasteiger partial charge in [-0.05, 0) is 31.0 Å². The van der Waals surface area contributed by atoms with E-state index in [1.807, 2.05) is 0 Å². The molecule has 1 aliphatic carbocycles. The standard InChI is InChI=1S/C13H9ClFNO2/c14-9-5-8(3-4-10(9)15)13-16-11(6-17)12(18-13)7-1-2-7/h3-7H,1-2H2. The predicted octanol–water partition coefficient (Wildman–Crippen LogP) is 3.82. The molecule has 3 rings (SSSR count). The molecule has 18 heavy (non-hydrogen) atoms. The number of aldehydes is 1. The van der Waals surface area contributed by atoms with Gasteiger partial charge in [-0.25, -0.2) is 9.37 Å². The molecule has 0 N–H and O–H groups in total. The minimum Gasteiger partial charge on any atom is -0.440 e. The van der Waals surface area contributed by atoms with Gasteiger partial charge in [-0.1, -0.05) is 11.6 Å². The van der Waals surface area contributed by atoms with Gasteiger partial charge in [0, 0.05) is 11.5 Å². The van der Waals surface area contributed by atoms with E-state index >= 15 is 0 Å². The van der Waals surface area contributed by atoms with E-state index < -0.39 is 5.82 Å². The molecule has 0 saturated heterocycles. The van der Waals surface area contributed by atoms with Crippen molar-refractivity contribution in [3.63, 3.8) is 0 Å². The number of benzene rings is 1. The van der Waals surface area contributed by atoms with Crippen LogP contribution >= 0.6 is 11.6 Å². The van der Waals surface area contributed by atoms with Gasteiger partial charge >= 0.3 is 0 Å². The second-order valence-corrected chi connectivity index (χ2v) is 4.70. The van der Waals surface area contributed by atoms with Crippen LogP contribution in [0.1, 0.15) is 35.0 Å². The van der Waals surface area contributed by atoms with Crippen molar-refractivity contribution in [1.82, 2.24) is 4.98 Å². The molecule has 92 valence electrons. The Morgan fingerprint density at radius 1 is 1.44 bits per heavy atom. The maximum Gasteiger partial charge on any atom is 0.227 e. The van der Waals surface area contributed by atoms with Crippen molar-refractivity contribution < 1.29 is 13.6 Å². The van der Waals surface area contributed by atoms with Crippen molar-refractivity contribution in [2.24, 2.45) is 0 Å². The molecule has 1 aromatic carbocycles. The van der Waals surface area contributed by atoms with Gasteiger partial charge in [0.25, 0.3) is 0 Å². The molecule has 0 atom stereocenters. The zero-order chi connectivity index (χ0) is 12.7. The van der Waals surface area contributed by atoms with Gasteiger partial charge < -0.3 is 4.42 Å². The molecule has 2 aromatic rings. The Labute approximate surface area is 108 Å². The average molecular weight is 266 g/mol. The third-order valence-corrected chi connectivity index (χ3v) is 3.20. The van der Waals surface area contributed by atoms with E-state index in [-0.39, 0.29) is 5.02 Å². The van der Waals surface area contributed by atoms with Crippen LogP contribution in [0.2, 0.25) is 5.02 Å². The summed E-state index contributed by atoms with van der Waals surface area (Å²) >= 11 is 5.71. The van der Waals surface area contributed by atoms with Crippen LogP contribution < -0.4 is 0 Å². The highest BCUT2D eigenvalue weighted by Gasteiger charge is 2.31. The number of nitrogens with zero attached hydrogens (tertiary/aromatic N) is 1. The highest BCUT2D eigenvalue weighted by Crippen LogP contribution is 2.42. The molecule has 1 aliphatic rings. The number of oxazole rings is 1. The lowest BCUT2D eigenvalue weighted by Gasteiger charge is -1.97. The Bertz CT molecular complexity index is 619. The molecule has 0 amide bonds. The second kappa shape index (κ2) is 4.21. The minimum atomic E-state index is -0.495. The van der Waals surface area contributed by atoms with Crippen molar-refractivity contribution >= 4 is 17.9 Å². The molecule has 1 saturated carbocycles. The summed E-state index contributed by atoms with van der Waals surface area (Å²) in [4.78, 5) is 15.0. The number of rotatable bonds is 3. The normalized spacial score (nSPS) is 14.8. The summed E-state index contributed by atoms with van der Waals surface area (Å²) in [6.45, 7) is 0. The van der Waals surface area contributed by atoms with Crippen molar-refractivity contribution in [2.75, 3.05) is 0 Å². The van der Waals surface area contributed by atoms with Gasteiger partial charge in [-0.3, -0.25) is 4.79 Å². The van der Waals surface area contributed by atoms with Crippen molar-refractivity contribution in [1.29, 1.82) is 0 Å². The summed E-state index contributed by atoms with van der Waals surface area (Å²) in [5.41, 5.74) is 0.893. The van der Waals surface area contributed by atoms with E-state index in [9.17, 15) is 9.18 Å². The lowest BCUT2D eigenvalue weighted by molar-refractivity contribution is 0.111. The molecular formula is C13H9ClFNO2. The van der Waals surface area contributed by atoms with E-state index in [1.165, 1.54) is 18.2 Å². The molecular weight excluding hydrogens is 257 g/mol. The van der Waals surface area contributed by atoms with Crippen LogP contribution in [0.5, 0.6) is 0 Å². The van der Waals surface area contributed by atoms with Gasteiger partial charge in [0.05, 0.1) is 5.02 Å². The molecule has 0 radical (unpaired) electrons. The fourth-order valence-corrected chi connectivity index (χ4v) is 2.00. The monoisotopic (exact) mass is 265 g/mol. The first kappa shape index (κ1) is 11.4. The molecule has 0 spiro atoms. The Balaban J connectivity index is 2.05. The van der Waals surface area contributed by atoms with E-state index in [2.05, 4.69) is 4.98 Å². The lowest BCUT2D eigenvalue weighted by Crippen LogP contribution is -1.85.